The number of nitrogens with zero attached hydrogens (tertiary/aromatic N) is 1. The van der Waals surface area contributed by atoms with Crippen molar-refractivity contribution < 1.29 is 18.8 Å². The number of likely N-dealkylation sites (tertiary alicyclic amines) is 1. The third-order valence-electron chi connectivity index (χ3n) is 6.92. The summed E-state index contributed by atoms with van der Waals surface area (Å²) < 4.78 is 14.0. The largest absolute Gasteiger partial charge is 0.345 e. The van der Waals surface area contributed by atoms with Crippen LogP contribution in [-0.2, 0) is 9.59 Å². The fourth-order valence-corrected chi connectivity index (χ4v) is 4.48. The number of ketones is 1. The van der Waals surface area contributed by atoms with Gasteiger partial charge >= 0.3 is 0 Å². The van der Waals surface area contributed by atoms with Crippen molar-refractivity contribution in [1.29, 1.82) is 0 Å². The van der Waals surface area contributed by atoms with Crippen LogP contribution >= 0.6 is 0 Å². The molecule has 0 radical (unpaired) electrons. The van der Waals surface area contributed by atoms with E-state index in [1.54, 1.807) is 17.0 Å². The van der Waals surface area contributed by atoms with E-state index < -0.39 is 11.6 Å². The number of rotatable bonds is 7. The number of benzene rings is 1. The van der Waals surface area contributed by atoms with Crippen LogP contribution in [0.25, 0.3) is 0 Å². The molecular weight excluding hydrogens is 431 g/mol. The fraction of sp³-hybridized carbons (Fsp3) is 0.679. The molecule has 190 valence electrons. The van der Waals surface area contributed by atoms with Crippen molar-refractivity contribution in [1.82, 2.24) is 10.2 Å². The molecule has 6 heteroatoms. The lowest BCUT2D eigenvalue weighted by molar-refractivity contribution is -0.143. The van der Waals surface area contributed by atoms with Crippen molar-refractivity contribution in [3.63, 3.8) is 0 Å². The lowest BCUT2D eigenvalue weighted by atomic mass is 9.89. The van der Waals surface area contributed by atoms with E-state index in [1.807, 2.05) is 26.0 Å². The second-order valence-corrected chi connectivity index (χ2v) is 10.3. The van der Waals surface area contributed by atoms with Crippen molar-refractivity contribution >= 4 is 17.6 Å². The van der Waals surface area contributed by atoms with E-state index in [2.05, 4.69) is 5.32 Å². The number of hydrogen-bond donors (Lipinski definition) is 1. The van der Waals surface area contributed by atoms with Gasteiger partial charge in [-0.1, -0.05) is 64.5 Å². The zero-order valence-electron chi connectivity index (χ0n) is 21.5. The van der Waals surface area contributed by atoms with Crippen molar-refractivity contribution in [2.24, 2.45) is 5.92 Å². The molecule has 2 unspecified atom stereocenters. The number of hydrogen-bond acceptors (Lipinski definition) is 3. The van der Waals surface area contributed by atoms with Crippen molar-refractivity contribution in [3.05, 3.63) is 35.4 Å². The Bertz CT molecular complexity index is 803. The lowest BCUT2D eigenvalue weighted by Crippen LogP contribution is -2.46. The second kappa shape index (κ2) is 13.6. The molecule has 0 bridgehead atoms. The first-order valence-corrected chi connectivity index (χ1v) is 13.0. The summed E-state index contributed by atoms with van der Waals surface area (Å²) in [4.78, 5) is 38.2. The highest BCUT2D eigenvalue weighted by Gasteiger charge is 2.34. The van der Waals surface area contributed by atoms with Gasteiger partial charge in [0.2, 0.25) is 0 Å². The molecular formula is C28H43FN2O3. The Hall–Kier alpha value is -2.24. The van der Waals surface area contributed by atoms with Crippen molar-refractivity contribution in [2.75, 3.05) is 19.6 Å². The van der Waals surface area contributed by atoms with Crippen molar-refractivity contribution in [2.45, 2.75) is 97.1 Å². The van der Waals surface area contributed by atoms with E-state index >= 15 is 0 Å². The molecule has 3 rings (SSSR count). The second-order valence-electron chi connectivity index (χ2n) is 10.3. The van der Waals surface area contributed by atoms with Gasteiger partial charge in [-0.25, -0.2) is 4.39 Å². The molecule has 5 nitrogen and oxygen atoms in total. The topological polar surface area (TPSA) is 66.5 Å². The molecule has 34 heavy (non-hydrogen) atoms. The van der Waals surface area contributed by atoms with Crippen LogP contribution in [0, 0.1) is 5.92 Å². The molecule has 2 fully saturated rings. The minimum Gasteiger partial charge on any atom is -0.345 e. The van der Waals surface area contributed by atoms with E-state index in [0.29, 0.717) is 18.7 Å². The molecule has 0 aromatic heterocycles. The molecule has 1 saturated heterocycles. The molecule has 1 aromatic carbocycles. The van der Waals surface area contributed by atoms with Gasteiger partial charge in [0.05, 0.1) is 6.54 Å². The fourth-order valence-electron chi connectivity index (χ4n) is 4.48. The predicted octanol–water partition coefficient (Wildman–Crippen LogP) is 5.83. The van der Waals surface area contributed by atoms with Gasteiger partial charge in [-0.05, 0) is 50.8 Å². The van der Waals surface area contributed by atoms with Gasteiger partial charge in [0, 0.05) is 30.5 Å². The van der Waals surface area contributed by atoms with E-state index in [4.69, 9.17) is 0 Å². The average Bonchev–Trinajstić information content (AvgIpc) is 2.87. The molecule has 2 amide bonds. The van der Waals surface area contributed by atoms with Crippen LogP contribution in [-0.4, -0.2) is 47.8 Å². The number of carbonyl (C=O) groups excluding carboxylic acids is 3. The van der Waals surface area contributed by atoms with Gasteiger partial charge in [0.15, 0.2) is 11.5 Å². The van der Waals surface area contributed by atoms with Crippen LogP contribution in [0.1, 0.15) is 107 Å². The summed E-state index contributed by atoms with van der Waals surface area (Å²) in [6.07, 6.45) is 11.4. The normalized spacial score (nSPS) is 19.4. The van der Waals surface area contributed by atoms with E-state index in [0.717, 1.165) is 24.8 Å². The van der Waals surface area contributed by atoms with Gasteiger partial charge < -0.3 is 10.2 Å². The molecule has 2 atom stereocenters. The zero-order chi connectivity index (χ0) is 25.1. The van der Waals surface area contributed by atoms with Crippen LogP contribution in [0.5, 0.6) is 0 Å². The highest BCUT2D eigenvalue weighted by atomic mass is 19.1. The first-order valence-electron chi connectivity index (χ1n) is 13.0. The highest BCUT2D eigenvalue weighted by Crippen LogP contribution is 2.29. The number of halogens is 1. The van der Waals surface area contributed by atoms with Crippen LogP contribution < -0.4 is 5.32 Å². The Labute approximate surface area is 204 Å². The van der Waals surface area contributed by atoms with Gasteiger partial charge in [0.1, 0.15) is 0 Å². The summed E-state index contributed by atoms with van der Waals surface area (Å²) in [6.45, 7) is 7.38. The number of carbonyl (C=O) groups is 3. The SMILES string of the molecule is C1CCCCC1.CCC(C)C(=O)CNC(=O)c1cccc(C2CCCN(C(=O)C(C)(C)F)C2)c1. The molecule has 1 N–H and O–H groups in total. The van der Waals surface area contributed by atoms with Crippen LogP contribution in [0.3, 0.4) is 0 Å². The first-order chi connectivity index (χ1) is 16.1. The zero-order valence-corrected chi connectivity index (χ0v) is 21.5. The Kier molecular flexibility index (Phi) is 11.2. The summed E-state index contributed by atoms with van der Waals surface area (Å²) in [6, 6.07) is 7.26. The molecule has 0 spiro atoms. The highest BCUT2D eigenvalue weighted by molar-refractivity contribution is 5.97. The third-order valence-corrected chi connectivity index (χ3v) is 6.92. The maximum Gasteiger partial charge on any atom is 0.259 e. The Balaban J connectivity index is 0.000000589. The number of piperidine rings is 1. The van der Waals surface area contributed by atoms with E-state index in [1.165, 1.54) is 52.4 Å². The maximum atomic E-state index is 14.0. The Morgan fingerprint density at radius 2 is 1.71 bits per heavy atom. The van der Waals surface area contributed by atoms with Gasteiger partial charge in [0.25, 0.3) is 11.8 Å². The van der Waals surface area contributed by atoms with Gasteiger partial charge in [-0.15, -0.1) is 0 Å². The summed E-state index contributed by atoms with van der Waals surface area (Å²) >= 11 is 0. The molecule has 2 aliphatic rings. The number of alkyl halides is 1. The Morgan fingerprint density at radius 1 is 1.09 bits per heavy atom. The standard InChI is InChI=1S/C22H31FN2O3.C6H12/c1-5-15(2)19(26)13-24-20(27)17-9-6-8-16(12-17)18-10-7-11-25(14-18)21(28)22(3,4)23;1-2-4-6-5-3-1/h6,8-9,12,15,18H,5,7,10-11,13-14H2,1-4H3,(H,24,27);1-6H2. The molecule has 1 saturated carbocycles. The van der Waals surface area contributed by atoms with Crippen molar-refractivity contribution in [3.8, 4) is 0 Å². The van der Waals surface area contributed by atoms with Crippen LogP contribution in [0.4, 0.5) is 4.39 Å². The minimum absolute atomic E-state index is 0.0160. The lowest BCUT2D eigenvalue weighted by Gasteiger charge is -2.35. The summed E-state index contributed by atoms with van der Waals surface area (Å²) in [5.74, 6) is -0.768. The predicted molar refractivity (Wildman–Crippen MR) is 135 cm³/mol. The third kappa shape index (κ3) is 8.84. The summed E-state index contributed by atoms with van der Waals surface area (Å²) in [7, 11) is 0. The van der Waals surface area contributed by atoms with E-state index in [9.17, 15) is 18.8 Å². The first kappa shape index (κ1) is 28.0. The number of Topliss-reactive ketones (excluding diaryl/α,β-unsaturated/α-hetero) is 1. The number of amides is 2. The van der Waals surface area contributed by atoms with Crippen LogP contribution in [0.15, 0.2) is 24.3 Å². The average molecular weight is 475 g/mol. The van der Waals surface area contributed by atoms with E-state index in [-0.39, 0.29) is 30.1 Å². The quantitative estimate of drug-likeness (QED) is 0.541. The molecule has 1 aliphatic heterocycles. The molecule has 1 aromatic rings. The molecule has 1 aliphatic carbocycles. The van der Waals surface area contributed by atoms with Crippen LogP contribution in [0.2, 0.25) is 0 Å². The number of nitrogens with one attached hydrogen (secondary N) is 1. The Morgan fingerprint density at radius 3 is 2.26 bits per heavy atom. The molecule has 1 heterocycles. The smallest absolute Gasteiger partial charge is 0.259 e. The monoisotopic (exact) mass is 474 g/mol. The summed E-state index contributed by atoms with van der Waals surface area (Å²) in [5.41, 5.74) is -0.440. The maximum absolute atomic E-state index is 14.0. The minimum atomic E-state index is -1.88. The summed E-state index contributed by atoms with van der Waals surface area (Å²) in [5, 5.41) is 2.69. The van der Waals surface area contributed by atoms with Gasteiger partial charge in [-0.2, -0.15) is 0 Å². The van der Waals surface area contributed by atoms with Gasteiger partial charge in [-0.3, -0.25) is 14.4 Å².